The number of nitrogen functional groups attached to an aromatic ring is 1. The molecule has 4 nitrogen and oxygen atoms in total. The molecule has 21 heavy (non-hydrogen) atoms. The normalized spacial score (nSPS) is 16.1. The van der Waals surface area contributed by atoms with Crippen LogP contribution in [0.1, 0.15) is 5.56 Å². The smallest absolute Gasteiger partial charge is 0.0738 e. The summed E-state index contributed by atoms with van der Waals surface area (Å²) in [6.45, 7) is 4.95. The minimum atomic E-state index is 0.751. The number of hydrogen-bond donors (Lipinski definition) is 1. The Labute approximate surface area is 130 Å². The Kier molecular flexibility index (Phi) is 4.27. The second-order valence-corrected chi connectivity index (χ2v) is 5.76. The average molecular weight is 303 g/mol. The molecule has 0 unspecified atom stereocenters. The molecule has 0 amide bonds. The molecule has 0 spiro atoms. The summed E-state index contributed by atoms with van der Waals surface area (Å²) >= 11 is 6.04. The predicted molar refractivity (Wildman–Crippen MR) is 87.6 cm³/mol. The highest BCUT2D eigenvalue weighted by Crippen LogP contribution is 2.23. The van der Waals surface area contributed by atoms with E-state index in [-0.39, 0.29) is 0 Å². The highest BCUT2D eigenvalue weighted by molar-refractivity contribution is 6.30. The summed E-state index contributed by atoms with van der Waals surface area (Å²) in [5.41, 5.74) is 9.10. The van der Waals surface area contributed by atoms with Crippen LogP contribution in [0, 0.1) is 0 Å². The number of halogens is 1. The number of hydrogen-bond acceptors (Lipinski definition) is 4. The lowest BCUT2D eigenvalue weighted by molar-refractivity contribution is 0.250. The third kappa shape index (κ3) is 3.46. The van der Waals surface area contributed by atoms with Gasteiger partial charge in [0, 0.05) is 43.9 Å². The summed E-state index contributed by atoms with van der Waals surface area (Å²) in [5, 5.41) is 0.802. The van der Waals surface area contributed by atoms with Crippen molar-refractivity contribution >= 4 is 23.0 Å². The van der Waals surface area contributed by atoms with Crippen molar-refractivity contribution in [3.8, 4) is 0 Å². The SMILES string of the molecule is Nc1cnccc1N1CCN(Cc2cccc(Cl)c2)CC1. The van der Waals surface area contributed by atoms with Crippen LogP contribution in [-0.2, 0) is 6.54 Å². The van der Waals surface area contributed by atoms with Crippen molar-refractivity contribution in [2.45, 2.75) is 6.54 Å². The number of pyridine rings is 1. The number of piperazine rings is 1. The maximum Gasteiger partial charge on any atom is 0.0738 e. The Morgan fingerprint density at radius 1 is 1.14 bits per heavy atom. The van der Waals surface area contributed by atoms with E-state index in [1.165, 1.54) is 5.56 Å². The molecule has 5 heteroatoms. The largest absolute Gasteiger partial charge is 0.396 e. The van der Waals surface area contributed by atoms with Crippen LogP contribution >= 0.6 is 11.6 Å². The summed E-state index contributed by atoms with van der Waals surface area (Å²) in [6.07, 6.45) is 3.51. The maximum absolute atomic E-state index is 6.04. The minimum Gasteiger partial charge on any atom is -0.396 e. The van der Waals surface area contributed by atoms with Crippen LogP contribution in [0.3, 0.4) is 0 Å². The van der Waals surface area contributed by atoms with Crippen molar-refractivity contribution in [3.63, 3.8) is 0 Å². The first-order chi connectivity index (χ1) is 10.2. The number of nitrogens with zero attached hydrogens (tertiary/aromatic N) is 3. The minimum absolute atomic E-state index is 0.751. The fourth-order valence-electron chi connectivity index (χ4n) is 2.73. The van der Waals surface area contributed by atoms with E-state index in [0.29, 0.717) is 0 Å². The van der Waals surface area contributed by atoms with Crippen molar-refractivity contribution < 1.29 is 0 Å². The molecule has 1 fully saturated rings. The van der Waals surface area contributed by atoms with E-state index in [1.54, 1.807) is 12.4 Å². The quantitative estimate of drug-likeness (QED) is 0.947. The van der Waals surface area contributed by atoms with Gasteiger partial charge in [-0.05, 0) is 23.8 Å². The van der Waals surface area contributed by atoms with E-state index in [4.69, 9.17) is 17.3 Å². The van der Waals surface area contributed by atoms with Gasteiger partial charge in [0.2, 0.25) is 0 Å². The molecule has 0 atom stereocenters. The van der Waals surface area contributed by atoms with Crippen LogP contribution < -0.4 is 10.6 Å². The molecule has 2 N–H and O–H groups in total. The zero-order valence-corrected chi connectivity index (χ0v) is 12.6. The van der Waals surface area contributed by atoms with Gasteiger partial charge in [-0.1, -0.05) is 23.7 Å². The van der Waals surface area contributed by atoms with Crippen LogP contribution in [0.2, 0.25) is 5.02 Å². The fraction of sp³-hybridized carbons (Fsp3) is 0.312. The number of aromatic nitrogens is 1. The van der Waals surface area contributed by atoms with Gasteiger partial charge >= 0.3 is 0 Å². The first-order valence-corrected chi connectivity index (χ1v) is 7.51. The van der Waals surface area contributed by atoms with E-state index < -0.39 is 0 Å². The molecule has 0 saturated carbocycles. The lowest BCUT2D eigenvalue weighted by atomic mass is 10.2. The zero-order chi connectivity index (χ0) is 14.7. The molecule has 1 aromatic heterocycles. The molecule has 1 saturated heterocycles. The first kappa shape index (κ1) is 14.2. The van der Waals surface area contributed by atoms with Crippen LogP contribution in [0.5, 0.6) is 0 Å². The van der Waals surface area contributed by atoms with E-state index >= 15 is 0 Å². The predicted octanol–water partition coefficient (Wildman–Crippen LogP) is 2.64. The molecule has 110 valence electrons. The fourth-order valence-corrected chi connectivity index (χ4v) is 2.94. The van der Waals surface area contributed by atoms with E-state index in [9.17, 15) is 0 Å². The second-order valence-electron chi connectivity index (χ2n) is 5.33. The molecule has 2 heterocycles. The molecule has 1 aliphatic rings. The molecule has 1 aliphatic heterocycles. The molecule has 2 aromatic rings. The Balaban J connectivity index is 1.59. The Hall–Kier alpha value is -1.78. The highest BCUT2D eigenvalue weighted by atomic mass is 35.5. The number of rotatable bonds is 3. The number of anilines is 2. The molecule has 0 radical (unpaired) electrons. The van der Waals surface area contributed by atoms with Gasteiger partial charge in [-0.2, -0.15) is 0 Å². The summed E-state index contributed by atoms with van der Waals surface area (Å²) < 4.78 is 0. The van der Waals surface area contributed by atoms with Crippen molar-refractivity contribution in [3.05, 3.63) is 53.3 Å². The lowest BCUT2D eigenvalue weighted by Crippen LogP contribution is -2.46. The van der Waals surface area contributed by atoms with Crippen molar-refractivity contribution in [2.75, 3.05) is 36.8 Å². The second kappa shape index (κ2) is 6.33. The summed E-state index contributed by atoms with van der Waals surface area (Å²) in [5.74, 6) is 0. The van der Waals surface area contributed by atoms with Crippen molar-refractivity contribution in [1.82, 2.24) is 9.88 Å². The van der Waals surface area contributed by atoms with Gasteiger partial charge in [-0.15, -0.1) is 0 Å². The molecule has 1 aromatic carbocycles. The summed E-state index contributed by atoms with van der Waals surface area (Å²) in [4.78, 5) is 8.81. The monoisotopic (exact) mass is 302 g/mol. The van der Waals surface area contributed by atoms with Crippen LogP contribution in [-0.4, -0.2) is 36.1 Å². The van der Waals surface area contributed by atoms with E-state index in [1.807, 2.05) is 24.3 Å². The van der Waals surface area contributed by atoms with Gasteiger partial charge in [0.15, 0.2) is 0 Å². The Morgan fingerprint density at radius 2 is 1.95 bits per heavy atom. The summed E-state index contributed by atoms with van der Waals surface area (Å²) in [6, 6.07) is 10.1. The topological polar surface area (TPSA) is 45.4 Å². The van der Waals surface area contributed by atoms with E-state index in [2.05, 4.69) is 20.9 Å². The summed E-state index contributed by atoms with van der Waals surface area (Å²) in [7, 11) is 0. The molecular formula is C16H19ClN4. The number of benzene rings is 1. The molecule has 0 aliphatic carbocycles. The molecule has 3 rings (SSSR count). The van der Waals surface area contributed by atoms with Crippen LogP contribution in [0.25, 0.3) is 0 Å². The Bertz CT molecular complexity index is 609. The van der Waals surface area contributed by atoms with E-state index in [0.717, 1.165) is 49.1 Å². The van der Waals surface area contributed by atoms with Crippen LogP contribution in [0.4, 0.5) is 11.4 Å². The van der Waals surface area contributed by atoms with Gasteiger partial charge in [-0.3, -0.25) is 9.88 Å². The van der Waals surface area contributed by atoms with Gasteiger partial charge in [0.25, 0.3) is 0 Å². The molecule has 0 bridgehead atoms. The van der Waals surface area contributed by atoms with Crippen molar-refractivity contribution in [2.24, 2.45) is 0 Å². The lowest BCUT2D eigenvalue weighted by Gasteiger charge is -2.36. The third-order valence-electron chi connectivity index (χ3n) is 3.84. The van der Waals surface area contributed by atoms with Gasteiger partial charge < -0.3 is 10.6 Å². The maximum atomic E-state index is 6.04. The third-order valence-corrected chi connectivity index (χ3v) is 4.07. The average Bonchev–Trinajstić information content (AvgIpc) is 2.49. The van der Waals surface area contributed by atoms with Gasteiger partial charge in [0.1, 0.15) is 0 Å². The van der Waals surface area contributed by atoms with Gasteiger partial charge in [0.05, 0.1) is 17.6 Å². The highest BCUT2D eigenvalue weighted by Gasteiger charge is 2.18. The zero-order valence-electron chi connectivity index (χ0n) is 11.9. The standard InChI is InChI=1S/C16H19ClN4/c17-14-3-1-2-13(10-14)12-20-6-8-21(9-7-20)16-4-5-19-11-15(16)18/h1-5,10-11H,6-9,12,18H2. The Morgan fingerprint density at radius 3 is 2.67 bits per heavy atom. The first-order valence-electron chi connectivity index (χ1n) is 7.13. The van der Waals surface area contributed by atoms with Crippen LogP contribution in [0.15, 0.2) is 42.7 Å². The molecular weight excluding hydrogens is 284 g/mol. The van der Waals surface area contributed by atoms with Gasteiger partial charge in [-0.25, -0.2) is 0 Å². The number of nitrogens with two attached hydrogens (primary N) is 1. The van der Waals surface area contributed by atoms with Crippen molar-refractivity contribution in [1.29, 1.82) is 0 Å².